The van der Waals surface area contributed by atoms with E-state index in [4.69, 9.17) is 4.74 Å². The summed E-state index contributed by atoms with van der Waals surface area (Å²) in [6.45, 7) is 2.22. The van der Waals surface area contributed by atoms with Crippen molar-refractivity contribution in [2.75, 3.05) is 6.61 Å². The first-order valence-electron chi connectivity index (χ1n) is 5.56. The second-order valence-electron chi connectivity index (χ2n) is 3.24. The minimum Gasteiger partial charge on any atom is -0.462 e. The van der Waals surface area contributed by atoms with Gasteiger partial charge in [-0.25, -0.2) is 4.79 Å². The molecule has 2 aromatic rings. The molecule has 88 valence electrons. The lowest BCUT2D eigenvalue weighted by Crippen LogP contribution is -2.03. The summed E-state index contributed by atoms with van der Waals surface area (Å²) < 4.78 is 4.79. The first-order chi connectivity index (χ1) is 8.34. The normalized spacial score (nSPS) is 8.76. The van der Waals surface area contributed by atoms with E-state index in [-0.39, 0.29) is 5.97 Å². The van der Waals surface area contributed by atoms with E-state index in [9.17, 15) is 4.79 Å². The van der Waals surface area contributed by atoms with Crippen LogP contribution in [0.4, 0.5) is 0 Å². The lowest BCUT2D eigenvalue weighted by molar-refractivity contribution is 0.0526. The van der Waals surface area contributed by atoms with Crippen LogP contribution in [0.15, 0.2) is 66.7 Å². The molecule has 0 heterocycles. The minimum absolute atomic E-state index is 0.256. The summed E-state index contributed by atoms with van der Waals surface area (Å²) in [4.78, 5) is 11.0. The molecule has 0 fully saturated rings. The molecule has 0 aliphatic rings. The Hall–Kier alpha value is -2.09. The van der Waals surface area contributed by atoms with Crippen LogP contribution in [0.25, 0.3) is 0 Å². The smallest absolute Gasteiger partial charge is 0.338 e. The lowest BCUT2D eigenvalue weighted by Gasteiger charge is -1.99. The van der Waals surface area contributed by atoms with Gasteiger partial charge in [-0.05, 0) is 19.1 Å². The van der Waals surface area contributed by atoms with Crippen LogP contribution in [-0.4, -0.2) is 12.6 Å². The van der Waals surface area contributed by atoms with Crippen LogP contribution in [0.1, 0.15) is 17.3 Å². The Morgan fingerprint density at radius 3 is 1.71 bits per heavy atom. The summed E-state index contributed by atoms with van der Waals surface area (Å²) in [7, 11) is 0. The van der Waals surface area contributed by atoms with Gasteiger partial charge in [-0.2, -0.15) is 0 Å². The van der Waals surface area contributed by atoms with E-state index in [1.807, 2.05) is 54.6 Å². The highest BCUT2D eigenvalue weighted by molar-refractivity contribution is 5.89. The third-order valence-electron chi connectivity index (χ3n) is 1.95. The van der Waals surface area contributed by atoms with Gasteiger partial charge >= 0.3 is 5.97 Å². The topological polar surface area (TPSA) is 26.3 Å². The van der Waals surface area contributed by atoms with E-state index in [1.54, 1.807) is 19.1 Å². The number of hydrogen-bond donors (Lipinski definition) is 0. The van der Waals surface area contributed by atoms with Gasteiger partial charge < -0.3 is 4.74 Å². The van der Waals surface area contributed by atoms with Crippen molar-refractivity contribution in [1.29, 1.82) is 0 Å². The average Bonchev–Trinajstić information content (AvgIpc) is 2.43. The van der Waals surface area contributed by atoms with Gasteiger partial charge in [0.2, 0.25) is 0 Å². The van der Waals surface area contributed by atoms with Crippen molar-refractivity contribution in [1.82, 2.24) is 0 Å². The van der Waals surface area contributed by atoms with Crippen LogP contribution in [-0.2, 0) is 4.74 Å². The highest BCUT2D eigenvalue weighted by atomic mass is 16.5. The first kappa shape index (κ1) is 13.0. The Morgan fingerprint density at radius 2 is 1.29 bits per heavy atom. The summed E-state index contributed by atoms with van der Waals surface area (Å²) in [6.07, 6.45) is 0. The summed E-state index contributed by atoms with van der Waals surface area (Å²) in [5.74, 6) is -0.256. The van der Waals surface area contributed by atoms with Crippen LogP contribution in [0.3, 0.4) is 0 Å². The molecule has 0 saturated carbocycles. The standard InChI is InChI=1S/C9H10O2.C6H6/c1-2-11-9(10)8-6-4-3-5-7-8;1-2-4-6-5-3-1/h3-7H,2H2,1H3;1-6H. The Kier molecular flexibility index (Phi) is 6.19. The number of carbonyl (C=O) groups is 1. The van der Waals surface area contributed by atoms with E-state index in [0.29, 0.717) is 12.2 Å². The Bertz CT molecular complexity index is 383. The molecule has 0 bridgehead atoms. The molecule has 0 saturated heterocycles. The minimum atomic E-state index is -0.256. The maximum absolute atomic E-state index is 11.0. The first-order valence-corrected chi connectivity index (χ1v) is 5.56. The van der Waals surface area contributed by atoms with Crippen molar-refractivity contribution < 1.29 is 9.53 Å². The van der Waals surface area contributed by atoms with Crippen LogP contribution >= 0.6 is 0 Å². The van der Waals surface area contributed by atoms with E-state index in [2.05, 4.69) is 0 Å². The van der Waals surface area contributed by atoms with Crippen molar-refractivity contribution in [2.45, 2.75) is 6.92 Å². The van der Waals surface area contributed by atoms with Gasteiger partial charge in [0.05, 0.1) is 12.2 Å². The second kappa shape index (κ2) is 8.11. The van der Waals surface area contributed by atoms with Gasteiger partial charge in [-0.15, -0.1) is 0 Å². The monoisotopic (exact) mass is 228 g/mol. The summed E-state index contributed by atoms with van der Waals surface area (Å²) in [6, 6.07) is 21.0. The number of rotatable bonds is 2. The van der Waals surface area contributed by atoms with Crippen molar-refractivity contribution >= 4 is 5.97 Å². The molecule has 2 nitrogen and oxygen atoms in total. The highest BCUT2D eigenvalue weighted by Gasteiger charge is 2.02. The molecule has 17 heavy (non-hydrogen) atoms. The van der Waals surface area contributed by atoms with Gasteiger partial charge in [0.1, 0.15) is 0 Å². The highest BCUT2D eigenvalue weighted by Crippen LogP contribution is 1.99. The fourth-order valence-corrected chi connectivity index (χ4v) is 1.17. The number of esters is 1. The maximum atomic E-state index is 11.0. The SMILES string of the molecule is CCOC(=O)c1ccccc1.c1ccccc1. The molecule has 2 heteroatoms. The molecule has 0 spiro atoms. The van der Waals surface area contributed by atoms with Crippen LogP contribution in [0, 0.1) is 0 Å². The van der Waals surface area contributed by atoms with Gasteiger partial charge in [-0.3, -0.25) is 0 Å². The molecule has 0 aromatic heterocycles. The predicted molar refractivity (Wildman–Crippen MR) is 68.8 cm³/mol. The molecule has 2 aromatic carbocycles. The average molecular weight is 228 g/mol. The third-order valence-corrected chi connectivity index (χ3v) is 1.95. The zero-order valence-corrected chi connectivity index (χ0v) is 9.87. The third kappa shape index (κ3) is 5.52. The van der Waals surface area contributed by atoms with Gasteiger partial charge in [0, 0.05) is 0 Å². The molecule has 2 rings (SSSR count). The molecular formula is C15H16O2. The summed E-state index contributed by atoms with van der Waals surface area (Å²) in [5.41, 5.74) is 0.606. The maximum Gasteiger partial charge on any atom is 0.338 e. The van der Waals surface area contributed by atoms with Crippen molar-refractivity contribution in [2.24, 2.45) is 0 Å². The fraction of sp³-hybridized carbons (Fsp3) is 0.133. The second-order valence-corrected chi connectivity index (χ2v) is 3.24. The van der Waals surface area contributed by atoms with E-state index >= 15 is 0 Å². The number of ether oxygens (including phenoxy) is 1. The van der Waals surface area contributed by atoms with Crippen molar-refractivity contribution in [3.05, 3.63) is 72.3 Å². The number of hydrogen-bond acceptors (Lipinski definition) is 2. The molecule has 0 amide bonds. The quantitative estimate of drug-likeness (QED) is 0.735. The van der Waals surface area contributed by atoms with E-state index in [1.165, 1.54) is 0 Å². The molecule has 0 radical (unpaired) electrons. The number of benzene rings is 2. The van der Waals surface area contributed by atoms with Gasteiger partial charge in [0.25, 0.3) is 0 Å². The largest absolute Gasteiger partial charge is 0.462 e. The van der Waals surface area contributed by atoms with E-state index < -0.39 is 0 Å². The molecule has 0 N–H and O–H groups in total. The van der Waals surface area contributed by atoms with Crippen molar-refractivity contribution in [3.8, 4) is 0 Å². The fourth-order valence-electron chi connectivity index (χ4n) is 1.17. The Labute approximate surface area is 102 Å². The molecule has 0 aliphatic heterocycles. The molecular weight excluding hydrogens is 212 g/mol. The van der Waals surface area contributed by atoms with Crippen LogP contribution in [0.5, 0.6) is 0 Å². The van der Waals surface area contributed by atoms with E-state index in [0.717, 1.165) is 0 Å². The zero-order chi connectivity index (χ0) is 12.3. The molecule has 0 atom stereocenters. The molecule has 0 aliphatic carbocycles. The molecule has 0 unspecified atom stereocenters. The summed E-state index contributed by atoms with van der Waals surface area (Å²) in [5, 5.41) is 0. The lowest BCUT2D eigenvalue weighted by atomic mass is 10.2. The summed E-state index contributed by atoms with van der Waals surface area (Å²) >= 11 is 0. The zero-order valence-electron chi connectivity index (χ0n) is 9.87. The Balaban J connectivity index is 0.000000202. The van der Waals surface area contributed by atoms with Crippen LogP contribution < -0.4 is 0 Å². The van der Waals surface area contributed by atoms with Gasteiger partial charge in [0.15, 0.2) is 0 Å². The van der Waals surface area contributed by atoms with Gasteiger partial charge in [-0.1, -0.05) is 54.6 Å². The number of carbonyl (C=O) groups excluding carboxylic acids is 1. The van der Waals surface area contributed by atoms with Crippen LogP contribution in [0.2, 0.25) is 0 Å². The van der Waals surface area contributed by atoms with Crippen molar-refractivity contribution in [3.63, 3.8) is 0 Å². The predicted octanol–water partition coefficient (Wildman–Crippen LogP) is 3.55. The Morgan fingerprint density at radius 1 is 0.882 bits per heavy atom.